The second kappa shape index (κ2) is 3.75. The van der Waals surface area contributed by atoms with Crippen molar-refractivity contribution in [2.24, 2.45) is 5.73 Å². The maximum atomic E-state index is 11.0. The Balaban J connectivity index is 2.74. The lowest BCUT2D eigenvalue weighted by Gasteiger charge is -2.13. The van der Waals surface area contributed by atoms with E-state index in [0.29, 0.717) is 5.69 Å². The van der Waals surface area contributed by atoms with Gasteiger partial charge in [-0.15, -0.1) is 5.10 Å². The van der Waals surface area contributed by atoms with Crippen LogP contribution in [0.2, 0.25) is 0 Å². The number of hydrogen-bond acceptors (Lipinski definition) is 4. The van der Waals surface area contributed by atoms with E-state index in [-0.39, 0.29) is 12.5 Å². The number of likely N-dealkylation sites (N-methyl/N-ethyl adjacent to an activating group) is 1. The molecule has 14 heavy (non-hydrogen) atoms. The number of carbonyl (C=O) groups is 1. The van der Waals surface area contributed by atoms with E-state index in [1.54, 1.807) is 13.2 Å². The van der Waals surface area contributed by atoms with Crippen molar-refractivity contribution < 1.29 is 4.79 Å². The first-order valence-electron chi connectivity index (χ1n) is 4.33. The molecule has 0 spiro atoms. The van der Waals surface area contributed by atoms with Crippen LogP contribution >= 0.6 is 0 Å². The predicted octanol–water partition coefficient (Wildman–Crippen LogP) is -0.782. The van der Waals surface area contributed by atoms with Crippen LogP contribution in [0.25, 0.3) is 0 Å². The zero-order chi connectivity index (χ0) is 10.8. The number of carbonyl (C=O) groups excluding carboxylic acids is 1. The Kier molecular flexibility index (Phi) is 2.85. The van der Waals surface area contributed by atoms with Crippen LogP contribution in [0.4, 0.5) is 0 Å². The summed E-state index contributed by atoms with van der Waals surface area (Å²) in [5, 5.41) is 10.2. The molecule has 0 aliphatic rings. The first kappa shape index (κ1) is 10.6. The zero-order valence-electron chi connectivity index (χ0n) is 8.61. The van der Waals surface area contributed by atoms with Gasteiger partial charge < -0.3 is 11.1 Å². The summed E-state index contributed by atoms with van der Waals surface area (Å²) in [4.78, 5) is 11.0. The maximum absolute atomic E-state index is 11.0. The summed E-state index contributed by atoms with van der Waals surface area (Å²) >= 11 is 0. The van der Waals surface area contributed by atoms with Crippen molar-refractivity contribution in [3.63, 3.8) is 0 Å². The Morgan fingerprint density at radius 3 is 2.79 bits per heavy atom. The van der Waals surface area contributed by atoms with E-state index >= 15 is 0 Å². The Morgan fingerprint density at radius 2 is 2.36 bits per heavy atom. The second-order valence-electron chi connectivity index (χ2n) is 3.70. The third-order valence-corrected chi connectivity index (χ3v) is 1.78. The van der Waals surface area contributed by atoms with Crippen LogP contribution in [0, 0.1) is 0 Å². The fourth-order valence-electron chi connectivity index (χ4n) is 0.897. The van der Waals surface area contributed by atoms with Crippen LogP contribution in [0.3, 0.4) is 0 Å². The molecule has 0 bridgehead atoms. The molecular formula is C8H15N5O. The molecule has 0 aromatic carbocycles. The average molecular weight is 197 g/mol. The van der Waals surface area contributed by atoms with Gasteiger partial charge in [0.25, 0.3) is 0 Å². The molecule has 1 rings (SSSR count). The van der Waals surface area contributed by atoms with Crippen LogP contribution in [0.5, 0.6) is 0 Å². The van der Waals surface area contributed by atoms with Gasteiger partial charge in [-0.2, -0.15) is 0 Å². The van der Waals surface area contributed by atoms with Crippen molar-refractivity contribution in [2.75, 3.05) is 7.05 Å². The molecule has 1 amide bonds. The number of nitrogens with zero attached hydrogens (tertiary/aromatic N) is 3. The summed E-state index contributed by atoms with van der Waals surface area (Å²) in [5.74, 6) is -0.115. The van der Waals surface area contributed by atoms with Crippen molar-refractivity contribution in [3.05, 3.63) is 11.9 Å². The van der Waals surface area contributed by atoms with Crippen molar-refractivity contribution in [1.82, 2.24) is 20.3 Å². The topological polar surface area (TPSA) is 85.8 Å². The summed E-state index contributed by atoms with van der Waals surface area (Å²) in [7, 11) is 1.58. The summed E-state index contributed by atoms with van der Waals surface area (Å²) < 4.78 is 1.46. The van der Waals surface area contributed by atoms with Gasteiger partial charge in [0.15, 0.2) is 0 Å². The lowest BCUT2D eigenvalue weighted by Crippen LogP contribution is -2.29. The summed E-state index contributed by atoms with van der Waals surface area (Å²) in [6, 6.07) is 0. The molecule has 0 saturated heterocycles. The quantitative estimate of drug-likeness (QED) is 0.665. The predicted molar refractivity (Wildman–Crippen MR) is 51.3 cm³/mol. The Bertz CT molecular complexity index is 325. The molecule has 1 aromatic rings. The van der Waals surface area contributed by atoms with Crippen LogP contribution in [0.1, 0.15) is 19.5 Å². The highest BCUT2D eigenvalue weighted by Gasteiger charge is 2.18. The molecule has 0 atom stereocenters. The molecule has 0 radical (unpaired) electrons. The molecular weight excluding hydrogens is 182 g/mol. The third-order valence-electron chi connectivity index (χ3n) is 1.78. The third kappa shape index (κ3) is 2.53. The molecule has 0 aliphatic heterocycles. The van der Waals surface area contributed by atoms with Crippen molar-refractivity contribution in [2.45, 2.75) is 25.9 Å². The first-order valence-corrected chi connectivity index (χ1v) is 4.33. The molecule has 78 valence electrons. The van der Waals surface area contributed by atoms with E-state index in [4.69, 9.17) is 5.73 Å². The van der Waals surface area contributed by atoms with Gasteiger partial charge in [0, 0.05) is 7.05 Å². The van der Waals surface area contributed by atoms with Gasteiger partial charge in [0.1, 0.15) is 12.2 Å². The van der Waals surface area contributed by atoms with E-state index in [2.05, 4.69) is 15.6 Å². The minimum atomic E-state index is -0.527. The molecule has 0 fully saturated rings. The summed E-state index contributed by atoms with van der Waals surface area (Å²) in [5.41, 5.74) is 5.96. The molecule has 0 aliphatic carbocycles. The maximum Gasteiger partial charge on any atom is 0.241 e. The highest BCUT2D eigenvalue weighted by Crippen LogP contribution is 2.11. The normalized spacial score (nSPS) is 11.4. The molecule has 6 heteroatoms. The molecule has 3 N–H and O–H groups in total. The minimum Gasteiger partial charge on any atom is -0.358 e. The van der Waals surface area contributed by atoms with E-state index in [0.717, 1.165) is 0 Å². The second-order valence-corrected chi connectivity index (χ2v) is 3.70. The van der Waals surface area contributed by atoms with Gasteiger partial charge >= 0.3 is 0 Å². The number of rotatable bonds is 3. The first-order chi connectivity index (χ1) is 6.43. The van der Waals surface area contributed by atoms with Crippen LogP contribution in [-0.2, 0) is 16.9 Å². The number of aromatic nitrogens is 3. The Morgan fingerprint density at radius 1 is 1.71 bits per heavy atom. The van der Waals surface area contributed by atoms with E-state index < -0.39 is 5.54 Å². The van der Waals surface area contributed by atoms with E-state index in [1.807, 2.05) is 13.8 Å². The number of amides is 1. The summed E-state index contributed by atoms with van der Waals surface area (Å²) in [6.07, 6.45) is 1.68. The van der Waals surface area contributed by atoms with Gasteiger partial charge in [0.05, 0.1) is 11.7 Å². The lowest BCUT2D eigenvalue weighted by molar-refractivity contribution is -0.121. The number of nitrogens with two attached hydrogens (primary N) is 1. The van der Waals surface area contributed by atoms with Gasteiger partial charge in [-0.3, -0.25) is 4.79 Å². The molecule has 1 heterocycles. The van der Waals surface area contributed by atoms with E-state index in [1.165, 1.54) is 4.68 Å². The molecule has 0 saturated carbocycles. The van der Waals surface area contributed by atoms with Crippen molar-refractivity contribution in [3.8, 4) is 0 Å². The monoisotopic (exact) mass is 197 g/mol. The molecule has 0 unspecified atom stereocenters. The van der Waals surface area contributed by atoms with Crippen LogP contribution < -0.4 is 11.1 Å². The van der Waals surface area contributed by atoms with Crippen LogP contribution in [0.15, 0.2) is 6.20 Å². The van der Waals surface area contributed by atoms with Crippen LogP contribution in [-0.4, -0.2) is 27.9 Å². The van der Waals surface area contributed by atoms with Gasteiger partial charge in [-0.05, 0) is 13.8 Å². The van der Waals surface area contributed by atoms with Crippen molar-refractivity contribution >= 4 is 5.91 Å². The molecule has 1 aromatic heterocycles. The largest absolute Gasteiger partial charge is 0.358 e. The van der Waals surface area contributed by atoms with Gasteiger partial charge in [-0.25, -0.2) is 4.68 Å². The number of nitrogens with one attached hydrogen (secondary N) is 1. The fraction of sp³-hybridized carbons (Fsp3) is 0.625. The smallest absolute Gasteiger partial charge is 0.241 e. The van der Waals surface area contributed by atoms with E-state index in [9.17, 15) is 4.79 Å². The zero-order valence-corrected chi connectivity index (χ0v) is 8.61. The van der Waals surface area contributed by atoms with Gasteiger partial charge in [0.2, 0.25) is 5.91 Å². The van der Waals surface area contributed by atoms with Crippen molar-refractivity contribution in [1.29, 1.82) is 0 Å². The fourth-order valence-corrected chi connectivity index (χ4v) is 0.897. The summed E-state index contributed by atoms with van der Waals surface area (Å²) in [6.45, 7) is 3.84. The SMILES string of the molecule is CNC(=O)Cn1cc(C(C)(C)N)nn1. The highest BCUT2D eigenvalue weighted by molar-refractivity contribution is 5.75. The minimum absolute atomic E-state index is 0.115. The van der Waals surface area contributed by atoms with Gasteiger partial charge in [-0.1, -0.05) is 5.21 Å². The highest BCUT2D eigenvalue weighted by atomic mass is 16.1. The lowest BCUT2D eigenvalue weighted by atomic mass is 10.0. The number of hydrogen-bond donors (Lipinski definition) is 2. The molecule has 6 nitrogen and oxygen atoms in total. The Hall–Kier alpha value is -1.43. The standard InChI is InChI=1S/C8H15N5O/c1-8(2,9)6-4-13(12-11-6)5-7(14)10-3/h4H,5,9H2,1-3H3,(H,10,14). The average Bonchev–Trinajstić information content (AvgIpc) is 2.51. The Labute approximate surface area is 82.5 Å².